The van der Waals surface area contributed by atoms with E-state index in [2.05, 4.69) is 23.6 Å². The number of rotatable bonds is 5. The van der Waals surface area contributed by atoms with Crippen LogP contribution >= 0.6 is 11.8 Å². The highest BCUT2D eigenvalue weighted by Gasteiger charge is 2.53. The fourth-order valence-electron chi connectivity index (χ4n) is 6.82. The normalized spacial score (nSPS) is 37.2. The lowest BCUT2D eigenvalue weighted by molar-refractivity contribution is -0.125. The summed E-state index contributed by atoms with van der Waals surface area (Å²) in [6.07, 6.45) is 7.82. The van der Waals surface area contributed by atoms with E-state index in [-0.39, 0.29) is 23.1 Å². The van der Waals surface area contributed by atoms with Crippen molar-refractivity contribution in [3.63, 3.8) is 0 Å². The topological polar surface area (TPSA) is 106 Å². The number of thioether (sulfide) groups is 1. The molecular weight excluding hydrogens is 396 g/mol. The molecule has 0 spiro atoms. The first-order chi connectivity index (χ1) is 14.2. The summed E-state index contributed by atoms with van der Waals surface area (Å²) in [5.74, 6) is 1.25. The zero-order valence-electron chi connectivity index (χ0n) is 18.0. The highest BCUT2D eigenvalue weighted by molar-refractivity contribution is 8.03. The second-order valence-electron chi connectivity index (χ2n) is 10.4. The zero-order valence-corrected chi connectivity index (χ0v) is 18.8. The average Bonchev–Trinajstić information content (AvgIpc) is 2.64. The molecule has 2 amide bonds. The molecule has 5 aliphatic rings. The van der Waals surface area contributed by atoms with Crippen molar-refractivity contribution in [2.75, 3.05) is 5.75 Å². The van der Waals surface area contributed by atoms with E-state index in [1.807, 2.05) is 6.07 Å². The number of nitrogens with one attached hydrogen (secondary N) is 2. The molecule has 30 heavy (non-hydrogen) atoms. The quantitative estimate of drug-likeness (QED) is 0.700. The molecule has 0 aromatic carbocycles. The van der Waals surface area contributed by atoms with E-state index in [4.69, 9.17) is 0 Å². The monoisotopic (exact) mass is 426 g/mol. The van der Waals surface area contributed by atoms with Crippen LogP contribution in [0.5, 0.6) is 0 Å². The van der Waals surface area contributed by atoms with Gasteiger partial charge >= 0.3 is 0 Å². The summed E-state index contributed by atoms with van der Waals surface area (Å²) in [6.45, 7) is 5.61. The molecule has 0 unspecified atom stereocenters. The van der Waals surface area contributed by atoms with Crippen LogP contribution in [0.2, 0.25) is 0 Å². The zero-order chi connectivity index (χ0) is 21.7. The summed E-state index contributed by atoms with van der Waals surface area (Å²) in [5.41, 5.74) is -0.273. The lowest BCUT2D eigenvalue weighted by Crippen LogP contribution is -2.56. The van der Waals surface area contributed by atoms with E-state index in [1.165, 1.54) is 50.3 Å². The first kappa shape index (κ1) is 21.2. The molecule has 0 aromatic heterocycles. The van der Waals surface area contributed by atoms with Crippen molar-refractivity contribution in [1.29, 1.82) is 10.5 Å². The average molecular weight is 427 g/mol. The lowest BCUT2D eigenvalue weighted by Gasteiger charge is -2.59. The minimum absolute atomic E-state index is 0.0671. The van der Waals surface area contributed by atoms with Gasteiger partial charge in [0.05, 0.1) is 28.5 Å². The molecular formula is C23H30N4O2S. The highest BCUT2D eigenvalue weighted by atomic mass is 32.2. The van der Waals surface area contributed by atoms with Gasteiger partial charge in [-0.3, -0.25) is 9.59 Å². The Balaban J connectivity index is 1.40. The van der Waals surface area contributed by atoms with Crippen molar-refractivity contribution in [2.24, 2.45) is 34.5 Å². The van der Waals surface area contributed by atoms with Crippen molar-refractivity contribution < 1.29 is 9.59 Å². The van der Waals surface area contributed by atoms with Gasteiger partial charge in [-0.2, -0.15) is 10.5 Å². The maximum atomic E-state index is 12.7. The van der Waals surface area contributed by atoms with Gasteiger partial charge in [-0.15, -0.1) is 0 Å². The van der Waals surface area contributed by atoms with Gasteiger partial charge in [-0.1, -0.05) is 25.6 Å². The second-order valence-corrected chi connectivity index (χ2v) is 11.4. The smallest absolute Gasteiger partial charge is 0.243 e. The van der Waals surface area contributed by atoms with Crippen LogP contribution < -0.4 is 10.6 Å². The van der Waals surface area contributed by atoms with E-state index in [0.717, 1.165) is 17.8 Å². The second kappa shape index (κ2) is 7.61. The van der Waals surface area contributed by atoms with Crippen LogP contribution in [0.25, 0.3) is 0 Å². The molecule has 2 N–H and O–H groups in total. The fraction of sp³-hybridized carbons (Fsp3) is 0.739. The molecule has 4 fully saturated rings. The largest absolute Gasteiger partial charge is 0.352 e. The maximum Gasteiger partial charge on any atom is 0.243 e. The van der Waals surface area contributed by atoms with Gasteiger partial charge < -0.3 is 10.6 Å². The fourth-order valence-corrected chi connectivity index (χ4v) is 7.80. The van der Waals surface area contributed by atoms with Crippen molar-refractivity contribution in [3.05, 3.63) is 10.6 Å². The van der Waals surface area contributed by atoms with Gasteiger partial charge in [0.2, 0.25) is 11.8 Å². The van der Waals surface area contributed by atoms with Crippen molar-refractivity contribution in [3.8, 4) is 12.1 Å². The van der Waals surface area contributed by atoms with Crippen LogP contribution in [-0.2, 0) is 9.59 Å². The Morgan fingerprint density at radius 1 is 1.20 bits per heavy atom. The molecule has 2 atom stereocenters. The van der Waals surface area contributed by atoms with Crippen LogP contribution in [-0.4, -0.2) is 23.6 Å². The van der Waals surface area contributed by atoms with E-state index in [0.29, 0.717) is 10.6 Å². The predicted molar refractivity (Wildman–Crippen MR) is 114 cm³/mol. The van der Waals surface area contributed by atoms with Crippen LogP contribution in [0.1, 0.15) is 59.3 Å². The Hall–Kier alpha value is -1.99. The molecule has 0 radical (unpaired) electrons. The third-order valence-electron chi connectivity index (χ3n) is 8.06. The molecule has 0 saturated heterocycles. The molecule has 6 nitrogen and oxygen atoms in total. The SMILES string of the molecule is C[C@H](NC(=O)CSC1=C(C#N)C(C)(C)[C@H](C#N)C(=O)N1)C12CC3CC(CC(C3)C1)C2. The Bertz CT molecular complexity index is 843. The Kier molecular flexibility index (Phi) is 5.39. The molecule has 4 aliphatic carbocycles. The van der Waals surface area contributed by atoms with Crippen molar-refractivity contribution in [2.45, 2.75) is 65.3 Å². The summed E-state index contributed by atoms with van der Waals surface area (Å²) in [7, 11) is 0. The van der Waals surface area contributed by atoms with E-state index >= 15 is 0 Å². The van der Waals surface area contributed by atoms with Gasteiger partial charge in [-0.05, 0) is 68.6 Å². The first-order valence-corrected chi connectivity index (χ1v) is 11.9. The first-order valence-electron chi connectivity index (χ1n) is 11.0. The molecule has 1 aliphatic heterocycles. The van der Waals surface area contributed by atoms with E-state index < -0.39 is 17.2 Å². The van der Waals surface area contributed by atoms with E-state index in [9.17, 15) is 20.1 Å². The van der Waals surface area contributed by atoms with Gasteiger partial charge in [0.25, 0.3) is 0 Å². The molecule has 4 bridgehead atoms. The summed E-state index contributed by atoms with van der Waals surface area (Å²) < 4.78 is 0. The van der Waals surface area contributed by atoms with Gasteiger partial charge in [0.1, 0.15) is 5.92 Å². The van der Waals surface area contributed by atoms with Gasteiger partial charge in [0, 0.05) is 11.5 Å². The molecule has 7 heteroatoms. The minimum Gasteiger partial charge on any atom is -0.352 e. The number of hydrogen-bond acceptors (Lipinski definition) is 5. The molecule has 160 valence electrons. The van der Waals surface area contributed by atoms with Crippen LogP contribution in [0, 0.1) is 57.2 Å². The number of allylic oxidation sites excluding steroid dienone is 1. The van der Waals surface area contributed by atoms with Crippen LogP contribution in [0.15, 0.2) is 10.6 Å². The van der Waals surface area contributed by atoms with Gasteiger partial charge in [0.15, 0.2) is 0 Å². The Morgan fingerprint density at radius 2 is 1.77 bits per heavy atom. The molecule has 4 saturated carbocycles. The Morgan fingerprint density at radius 3 is 2.27 bits per heavy atom. The summed E-state index contributed by atoms with van der Waals surface area (Å²) in [4.78, 5) is 25.0. The third kappa shape index (κ3) is 3.52. The minimum atomic E-state index is -0.915. The molecule has 5 rings (SSSR count). The van der Waals surface area contributed by atoms with Gasteiger partial charge in [-0.25, -0.2) is 0 Å². The molecule has 1 heterocycles. The number of nitrogens with zero attached hydrogens (tertiary/aromatic N) is 2. The number of carbonyl (C=O) groups excluding carboxylic acids is 2. The van der Waals surface area contributed by atoms with Crippen molar-refractivity contribution in [1.82, 2.24) is 10.6 Å². The number of amides is 2. The lowest BCUT2D eigenvalue weighted by atomic mass is 9.48. The summed E-state index contributed by atoms with van der Waals surface area (Å²) >= 11 is 1.18. The number of carbonyl (C=O) groups is 2. The van der Waals surface area contributed by atoms with Crippen LogP contribution in [0.4, 0.5) is 0 Å². The number of hydrogen-bond donors (Lipinski definition) is 2. The summed E-state index contributed by atoms with van der Waals surface area (Å²) in [6, 6.07) is 4.28. The molecule has 0 aromatic rings. The number of nitriles is 2. The predicted octanol–water partition coefficient (Wildman–Crippen LogP) is 3.47. The highest BCUT2D eigenvalue weighted by Crippen LogP contribution is 2.61. The standard InChI is InChI=1S/C23H30N4O2S/c1-13(23-7-14-4-15(8-23)6-16(5-14)9-23)26-19(28)12-30-21-18(11-25)22(2,3)17(10-24)20(29)27-21/h13-17H,4-9,12H2,1-3H3,(H,26,28)(H,27,29)/t13-,14?,15?,16?,17+,23?/m0/s1. The third-order valence-corrected chi connectivity index (χ3v) is 9.06. The van der Waals surface area contributed by atoms with E-state index in [1.54, 1.807) is 13.8 Å². The Labute approximate surface area is 182 Å². The van der Waals surface area contributed by atoms with Crippen LogP contribution in [0.3, 0.4) is 0 Å². The maximum absolute atomic E-state index is 12.7. The summed E-state index contributed by atoms with van der Waals surface area (Å²) in [5, 5.41) is 25.2. The van der Waals surface area contributed by atoms with Crippen molar-refractivity contribution >= 4 is 23.6 Å².